The number of ketones is 2. The van der Waals surface area contributed by atoms with Gasteiger partial charge in [0.15, 0.2) is 5.79 Å². The van der Waals surface area contributed by atoms with Crippen LogP contribution in [0.15, 0.2) is 12.2 Å². The minimum Gasteiger partial charge on any atom is -0.469 e. The Bertz CT molecular complexity index is 1380. The van der Waals surface area contributed by atoms with Gasteiger partial charge < -0.3 is 38.6 Å². The van der Waals surface area contributed by atoms with Crippen molar-refractivity contribution in [3.8, 4) is 0 Å². The first kappa shape index (κ1) is 43.4. The maximum atomic E-state index is 14.5. The summed E-state index contributed by atoms with van der Waals surface area (Å²) in [5.41, 5.74) is -1.70. The Morgan fingerprint density at radius 2 is 1.61 bits per heavy atom. The molecule has 5 rings (SSSR count). The Morgan fingerprint density at radius 3 is 2.22 bits per heavy atom. The molecule has 0 saturated carbocycles. The van der Waals surface area contributed by atoms with Crippen LogP contribution in [0.3, 0.4) is 0 Å². The number of hydrogen-bond acceptors (Lipinski definition) is 11. The molecule has 5 aliphatic rings. The minimum atomic E-state index is -1.56. The third kappa shape index (κ3) is 7.90. The van der Waals surface area contributed by atoms with Crippen molar-refractivity contribution in [1.29, 1.82) is 0 Å². The van der Waals surface area contributed by atoms with Gasteiger partial charge in [-0.3, -0.25) is 14.4 Å². The summed E-state index contributed by atoms with van der Waals surface area (Å²) < 4.78 is 38.5. The molecule has 0 bridgehead atoms. The van der Waals surface area contributed by atoms with Gasteiger partial charge in [0, 0.05) is 30.1 Å². The molecule has 4 fully saturated rings. The lowest BCUT2D eigenvalue weighted by Gasteiger charge is -2.53. The third-order valence-corrected chi connectivity index (χ3v) is 14.5. The lowest BCUT2D eigenvalue weighted by atomic mass is 9.72. The number of carbonyl (C=O) groups is 3. The average Bonchev–Trinajstić information content (AvgIpc) is 3.50. The molecule has 0 radical (unpaired) electrons. The summed E-state index contributed by atoms with van der Waals surface area (Å²) in [5, 5.41) is 22.8. The zero-order valence-electron chi connectivity index (χ0n) is 34.8. The average molecular weight is 763 g/mol. The molecule has 5 heterocycles. The zero-order valence-corrected chi connectivity index (χ0v) is 34.8. The number of esters is 1. The topological polar surface area (TPSA) is 147 Å². The fourth-order valence-corrected chi connectivity index (χ4v) is 10.5. The highest BCUT2D eigenvalue weighted by Gasteiger charge is 2.63. The van der Waals surface area contributed by atoms with E-state index >= 15 is 0 Å². The number of methoxy groups -OCH3 is 1. The molecule has 17 atom stereocenters. The standard InChI is InChI=1S/C43H70O11/c1-12-30(39(47)49-11)32-16-15-24(4)37(51-32)28(8)35(45)27(7)36(46)31(13-2)38-25(5)23-26(6)42(52-38)20-17-33(44)43(54-42)22-21-40(10,53-43)34-18-19-41(48,14-3)29(9)50-34/h17,20,24-32,34-35,37-38,45,48H,12-16,18-19,21-23H2,1-11H3/t24-,25-,26+,27-,28-,29-,30?,31-,32+,34+,35+,37?,38-,40-,41+,42-,43-/m0/s1. The first-order valence-corrected chi connectivity index (χ1v) is 21.0. The molecule has 2 N–H and O–H groups in total. The Kier molecular flexibility index (Phi) is 13.4. The Hall–Kier alpha value is -1.73. The van der Waals surface area contributed by atoms with Crippen LogP contribution in [-0.2, 0) is 42.8 Å². The van der Waals surface area contributed by atoms with Crippen LogP contribution in [0.1, 0.15) is 133 Å². The van der Waals surface area contributed by atoms with Gasteiger partial charge in [0.2, 0.25) is 11.6 Å². The van der Waals surface area contributed by atoms with Gasteiger partial charge >= 0.3 is 5.97 Å². The molecule has 308 valence electrons. The van der Waals surface area contributed by atoms with E-state index in [0.29, 0.717) is 51.4 Å². The van der Waals surface area contributed by atoms with Crippen molar-refractivity contribution in [3.63, 3.8) is 0 Å². The first-order chi connectivity index (χ1) is 25.3. The highest BCUT2D eigenvalue weighted by molar-refractivity contribution is 5.97. The van der Waals surface area contributed by atoms with E-state index in [0.717, 1.165) is 12.8 Å². The monoisotopic (exact) mass is 762 g/mol. The van der Waals surface area contributed by atoms with Gasteiger partial charge in [0.05, 0.1) is 60.9 Å². The second-order valence-electron chi connectivity index (χ2n) is 17.9. The predicted molar refractivity (Wildman–Crippen MR) is 202 cm³/mol. The smallest absolute Gasteiger partial charge is 0.311 e. The van der Waals surface area contributed by atoms with Crippen molar-refractivity contribution in [1.82, 2.24) is 0 Å². The van der Waals surface area contributed by atoms with Gasteiger partial charge in [-0.15, -0.1) is 0 Å². The van der Waals surface area contributed by atoms with Crippen LogP contribution in [0.5, 0.6) is 0 Å². The molecule has 0 aliphatic carbocycles. The predicted octanol–water partition coefficient (Wildman–Crippen LogP) is 6.48. The van der Waals surface area contributed by atoms with Crippen molar-refractivity contribution in [3.05, 3.63) is 12.2 Å². The van der Waals surface area contributed by atoms with Crippen LogP contribution >= 0.6 is 0 Å². The molecule has 5 aliphatic heterocycles. The molecule has 0 aromatic heterocycles. The van der Waals surface area contributed by atoms with Gasteiger partial charge in [-0.1, -0.05) is 55.4 Å². The van der Waals surface area contributed by atoms with E-state index in [1.807, 2.05) is 48.5 Å². The fourth-order valence-electron chi connectivity index (χ4n) is 10.5. The summed E-state index contributed by atoms with van der Waals surface area (Å²) in [6, 6.07) is 0. The lowest BCUT2D eigenvalue weighted by Crippen LogP contribution is -2.62. The van der Waals surface area contributed by atoms with Crippen LogP contribution in [-0.4, -0.2) is 94.3 Å². The van der Waals surface area contributed by atoms with Crippen LogP contribution < -0.4 is 0 Å². The fraction of sp³-hybridized carbons (Fsp3) is 0.884. The Balaban J connectivity index is 1.31. The summed E-state index contributed by atoms with van der Waals surface area (Å²) in [6.07, 6.45) is 6.43. The van der Waals surface area contributed by atoms with Crippen molar-refractivity contribution in [2.45, 2.75) is 193 Å². The van der Waals surface area contributed by atoms with Crippen molar-refractivity contribution in [2.24, 2.45) is 41.4 Å². The summed E-state index contributed by atoms with van der Waals surface area (Å²) >= 11 is 0. The van der Waals surface area contributed by atoms with Crippen molar-refractivity contribution in [2.75, 3.05) is 7.11 Å². The molecule has 0 aromatic rings. The Labute approximate surface area is 323 Å². The van der Waals surface area contributed by atoms with Crippen LogP contribution in [0.2, 0.25) is 0 Å². The maximum absolute atomic E-state index is 14.5. The van der Waals surface area contributed by atoms with E-state index in [2.05, 4.69) is 13.8 Å². The number of aliphatic hydroxyl groups excluding tert-OH is 1. The Morgan fingerprint density at radius 1 is 0.926 bits per heavy atom. The maximum Gasteiger partial charge on any atom is 0.311 e. The van der Waals surface area contributed by atoms with E-state index in [9.17, 15) is 24.6 Å². The van der Waals surface area contributed by atoms with Gasteiger partial charge in [0.1, 0.15) is 5.78 Å². The number of carbonyl (C=O) groups excluding carboxylic acids is 3. The summed E-state index contributed by atoms with van der Waals surface area (Å²) in [6.45, 7) is 19.7. The number of ether oxygens (including phenoxy) is 6. The van der Waals surface area contributed by atoms with Gasteiger partial charge in [-0.05, 0) is 95.6 Å². The summed E-state index contributed by atoms with van der Waals surface area (Å²) in [7, 11) is 1.39. The van der Waals surface area contributed by atoms with E-state index < -0.39 is 46.8 Å². The molecule has 54 heavy (non-hydrogen) atoms. The molecule has 11 nitrogen and oxygen atoms in total. The summed E-state index contributed by atoms with van der Waals surface area (Å²) in [5.74, 6) is -5.45. The largest absolute Gasteiger partial charge is 0.469 e. The quantitative estimate of drug-likeness (QED) is 0.211. The number of Topliss-reactive ketones (excluding diaryl/α,β-unsaturated/α-hetero) is 1. The van der Waals surface area contributed by atoms with E-state index in [-0.39, 0.29) is 71.5 Å². The van der Waals surface area contributed by atoms with Gasteiger partial charge in [-0.25, -0.2) is 0 Å². The van der Waals surface area contributed by atoms with Gasteiger partial charge in [0.25, 0.3) is 0 Å². The van der Waals surface area contributed by atoms with Crippen molar-refractivity contribution < 1.29 is 53.0 Å². The molecule has 11 heteroatoms. The molecule has 2 spiro atoms. The van der Waals surface area contributed by atoms with E-state index in [1.165, 1.54) is 13.2 Å². The van der Waals surface area contributed by atoms with E-state index in [4.69, 9.17) is 28.4 Å². The second-order valence-corrected chi connectivity index (χ2v) is 17.9. The molecule has 4 saturated heterocycles. The molecule has 0 aromatic carbocycles. The van der Waals surface area contributed by atoms with Gasteiger partial charge in [-0.2, -0.15) is 0 Å². The van der Waals surface area contributed by atoms with E-state index in [1.54, 1.807) is 13.0 Å². The third-order valence-electron chi connectivity index (χ3n) is 14.5. The lowest BCUT2D eigenvalue weighted by molar-refractivity contribution is -0.378. The SMILES string of the molecule is CCC(C(=O)OC)[C@H]1CC[C@H](C)C([C@@H](C)[C@H](O)[C@H](C)C(=O)[C@H](CC)[C@H]2O[C@]3(C=CC(=O)[C@]4(CC[C@@](C)([C@H]5CC[C@](O)(CC)[C@H](C)O5)O4)O3)[C@H](C)C[C@@H]2C)O1. The molecular weight excluding hydrogens is 692 g/mol. The van der Waals surface area contributed by atoms with Crippen LogP contribution in [0.25, 0.3) is 0 Å². The minimum absolute atomic E-state index is 0.00262. The molecule has 0 amide bonds. The van der Waals surface area contributed by atoms with Crippen LogP contribution in [0.4, 0.5) is 0 Å². The molecular formula is C43H70O11. The highest BCUT2D eigenvalue weighted by atomic mass is 16.8. The number of aliphatic hydroxyl groups is 2. The normalized spacial score (nSPS) is 44.1. The second kappa shape index (κ2) is 16.6. The van der Waals surface area contributed by atoms with Crippen molar-refractivity contribution >= 4 is 17.5 Å². The summed E-state index contributed by atoms with van der Waals surface area (Å²) in [4.78, 5) is 40.7. The number of rotatable bonds is 12. The highest BCUT2D eigenvalue weighted by Crippen LogP contribution is 2.53. The van der Waals surface area contributed by atoms with Crippen LogP contribution in [0, 0.1) is 41.4 Å². The first-order valence-electron chi connectivity index (χ1n) is 21.0. The zero-order chi connectivity index (χ0) is 40.0. The molecule has 2 unspecified atom stereocenters. The number of hydrogen-bond donors (Lipinski definition) is 2.